The SMILES string of the molecule is CN1Cc2cc(Br)[nH]c2C(C2CCCC2)C1. The number of hydrogen-bond donors (Lipinski definition) is 1. The van der Waals surface area contributed by atoms with E-state index in [1.165, 1.54) is 43.5 Å². The van der Waals surface area contributed by atoms with Gasteiger partial charge in [0.15, 0.2) is 0 Å². The number of halogens is 1. The van der Waals surface area contributed by atoms with Crippen LogP contribution in [0, 0.1) is 5.92 Å². The molecule has 1 saturated carbocycles. The van der Waals surface area contributed by atoms with E-state index in [0.29, 0.717) is 0 Å². The van der Waals surface area contributed by atoms with Gasteiger partial charge in [-0.15, -0.1) is 0 Å². The molecule has 2 aliphatic rings. The van der Waals surface area contributed by atoms with Gasteiger partial charge in [0.1, 0.15) is 0 Å². The lowest BCUT2D eigenvalue weighted by molar-refractivity contribution is 0.238. The van der Waals surface area contributed by atoms with Crippen molar-refractivity contribution in [2.75, 3.05) is 13.6 Å². The third-order valence-electron chi connectivity index (χ3n) is 4.19. The molecule has 2 heterocycles. The fraction of sp³-hybridized carbons (Fsp3) is 0.692. The zero-order chi connectivity index (χ0) is 11.1. The standard InChI is InChI=1S/C13H19BrN2/c1-16-7-10-6-12(14)15-13(10)11(8-16)9-4-2-3-5-9/h6,9,11,15H,2-5,7-8H2,1H3. The first-order valence-electron chi connectivity index (χ1n) is 6.30. The van der Waals surface area contributed by atoms with E-state index in [-0.39, 0.29) is 0 Å². The predicted molar refractivity (Wildman–Crippen MR) is 69.5 cm³/mol. The molecule has 1 aromatic rings. The van der Waals surface area contributed by atoms with Gasteiger partial charge in [-0.25, -0.2) is 0 Å². The first-order chi connectivity index (χ1) is 7.74. The molecule has 88 valence electrons. The van der Waals surface area contributed by atoms with Crippen LogP contribution < -0.4 is 0 Å². The van der Waals surface area contributed by atoms with E-state index in [1.54, 1.807) is 0 Å². The highest BCUT2D eigenvalue weighted by atomic mass is 79.9. The quantitative estimate of drug-likeness (QED) is 0.835. The summed E-state index contributed by atoms with van der Waals surface area (Å²) in [6.45, 7) is 2.32. The Hall–Kier alpha value is -0.280. The maximum atomic E-state index is 3.57. The van der Waals surface area contributed by atoms with E-state index in [2.05, 4.69) is 38.9 Å². The van der Waals surface area contributed by atoms with Gasteiger partial charge in [-0.1, -0.05) is 12.8 Å². The third kappa shape index (κ3) is 1.84. The molecule has 1 aliphatic carbocycles. The second kappa shape index (κ2) is 4.19. The molecule has 0 saturated heterocycles. The lowest BCUT2D eigenvalue weighted by Crippen LogP contribution is -2.33. The van der Waals surface area contributed by atoms with E-state index in [4.69, 9.17) is 0 Å². The second-order valence-corrected chi connectivity index (χ2v) is 6.26. The third-order valence-corrected chi connectivity index (χ3v) is 4.62. The summed E-state index contributed by atoms with van der Waals surface area (Å²) in [6, 6.07) is 2.26. The number of H-pyrrole nitrogens is 1. The van der Waals surface area contributed by atoms with Crippen molar-refractivity contribution in [1.29, 1.82) is 0 Å². The number of aromatic nitrogens is 1. The van der Waals surface area contributed by atoms with Crippen LogP contribution in [-0.4, -0.2) is 23.5 Å². The molecule has 3 heteroatoms. The summed E-state index contributed by atoms with van der Waals surface area (Å²) >= 11 is 3.57. The minimum absolute atomic E-state index is 0.738. The molecular weight excluding hydrogens is 264 g/mol. The molecule has 1 aliphatic heterocycles. The molecule has 0 aromatic carbocycles. The van der Waals surface area contributed by atoms with Crippen molar-refractivity contribution in [2.45, 2.75) is 38.1 Å². The van der Waals surface area contributed by atoms with Gasteiger partial charge in [0.25, 0.3) is 0 Å². The molecule has 0 bridgehead atoms. The Morgan fingerprint density at radius 3 is 2.88 bits per heavy atom. The van der Waals surface area contributed by atoms with Gasteiger partial charge in [0.05, 0.1) is 4.60 Å². The van der Waals surface area contributed by atoms with Crippen LogP contribution in [0.4, 0.5) is 0 Å². The minimum atomic E-state index is 0.738. The van der Waals surface area contributed by atoms with Crippen molar-refractivity contribution >= 4 is 15.9 Å². The molecule has 1 atom stereocenters. The topological polar surface area (TPSA) is 19.0 Å². The van der Waals surface area contributed by atoms with Gasteiger partial charge in [0, 0.05) is 24.7 Å². The monoisotopic (exact) mass is 282 g/mol. The van der Waals surface area contributed by atoms with E-state index in [9.17, 15) is 0 Å². The zero-order valence-electron chi connectivity index (χ0n) is 9.80. The maximum Gasteiger partial charge on any atom is 0.0825 e. The van der Waals surface area contributed by atoms with Crippen molar-refractivity contribution in [3.8, 4) is 0 Å². The summed E-state index contributed by atoms with van der Waals surface area (Å²) in [5, 5.41) is 0. The van der Waals surface area contributed by atoms with Crippen molar-refractivity contribution < 1.29 is 0 Å². The van der Waals surface area contributed by atoms with Crippen molar-refractivity contribution in [3.05, 3.63) is 21.9 Å². The summed E-state index contributed by atoms with van der Waals surface area (Å²) in [5.74, 6) is 1.65. The van der Waals surface area contributed by atoms with Crippen LogP contribution in [0.5, 0.6) is 0 Å². The van der Waals surface area contributed by atoms with E-state index in [0.717, 1.165) is 23.0 Å². The van der Waals surface area contributed by atoms with Gasteiger partial charge in [0.2, 0.25) is 0 Å². The predicted octanol–water partition coefficient (Wildman–Crippen LogP) is 3.50. The number of hydrogen-bond acceptors (Lipinski definition) is 1. The van der Waals surface area contributed by atoms with Crippen LogP contribution in [-0.2, 0) is 6.54 Å². The smallest absolute Gasteiger partial charge is 0.0825 e. The Bertz CT molecular complexity index is 379. The molecule has 1 N–H and O–H groups in total. The highest BCUT2D eigenvalue weighted by Crippen LogP contribution is 2.41. The first-order valence-corrected chi connectivity index (χ1v) is 7.09. The van der Waals surface area contributed by atoms with E-state index in [1.807, 2.05) is 0 Å². The van der Waals surface area contributed by atoms with Crippen LogP contribution in [0.2, 0.25) is 0 Å². The van der Waals surface area contributed by atoms with Crippen LogP contribution in [0.3, 0.4) is 0 Å². The number of rotatable bonds is 1. The largest absolute Gasteiger partial charge is 0.353 e. The van der Waals surface area contributed by atoms with Crippen molar-refractivity contribution in [3.63, 3.8) is 0 Å². The normalized spacial score (nSPS) is 27.2. The molecule has 1 fully saturated rings. The fourth-order valence-corrected chi connectivity index (χ4v) is 3.95. The van der Waals surface area contributed by atoms with Gasteiger partial charge in [-0.05, 0) is 53.4 Å². The van der Waals surface area contributed by atoms with Crippen molar-refractivity contribution in [2.24, 2.45) is 5.92 Å². The van der Waals surface area contributed by atoms with E-state index < -0.39 is 0 Å². The Kier molecular flexibility index (Phi) is 2.84. The Morgan fingerprint density at radius 1 is 1.38 bits per heavy atom. The molecular formula is C13H19BrN2. The van der Waals surface area contributed by atoms with Gasteiger partial charge in [-0.3, -0.25) is 0 Å². The molecule has 3 rings (SSSR count). The molecule has 0 amide bonds. The zero-order valence-corrected chi connectivity index (χ0v) is 11.4. The summed E-state index contributed by atoms with van der Waals surface area (Å²) in [6.07, 6.45) is 5.72. The molecule has 0 spiro atoms. The lowest BCUT2D eigenvalue weighted by atomic mass is 9.84. The molecule has 16 heavy (non-hydrogen) atoms. The first kappa shape index (κ1) is 10.8. The van der Waals surface area contributed by atoms with Gasteiger partial charge in [-0.2, -0.15) is 0 Å². The molecule has 0 radical (unpaired) electrons. The van der Waals surface area contributed by atoms with Crippen LogP contribution in [0.15, 0.2) is 10.7 Å². The molecule has 1 aromatic heterocycles. The second-order valence-electron chi connectivity index (χ2n) is 5.40. The maximum absolute atomic E-state index is 3.57. The van der Waals surface area contributed by atoms with Crippen LogP contribution in [0.25, 0.3) is 0 Å². The van der Waals surface area contributed by atoms with Gasteiger partial charge >= 0.3 is 0 Å². The van der Waals surface area contributed by atoms with Crippen LogP contribution >= 0.6 is 15.9 Å². The summed E-state index contributed by atoms with van der Waals surface area (Å²) in [5.41, 5.74) is 3.01. The number of nitrogens with zero attached hydrogens (tertiary/aromatic N) is 1. The highest BCUT2D eigenvalue weighted by molar-refractivity contribution is 9.10. The van der Waals surface area contributed by atoms with Crippen LogP contribution in [0.1, 0.15) is 42.9 Å². The fourth-order valence-electron chi connectivity index (χ4n) is 3.46. The summed E-state index contributed by atoms with van der Waals surface area (Å²) in [7, 11) is 2.24. The summed E-state index contributed by atoms with van der Waals surface area (Å²) in [4.78, 5) is 6.00. The van der Waals surface area contributed by atoms with E-state index >= 15 is 0 Å². The summed E-state index contributed by atoms with van der Waals surface area (Å²) < 4.78 is 1.15. The lowest BCUT2D eigenvalue weighted by Gasteiger charge is -2.33. The molecule has 2 nitrogen and oxygen atoms in total. The number of likely N-dealkylation sites (N-methyl/N-ethyl adjacent to an activating group) is 1. The number of aromatic amines is 1. The average molecular weight is 283 g/mol. The Morgan fingerprint density at radius 2 is 2.12 bits per heavy atom. The highest BCUT2D eigenvalue weighted by Gasteiger charge is 2.33. The number of nitrogens with one attached hydrogen (secondary N) is 1. The van der Waals surface area contributed by atoms with Gasteiger partial charge < -0.3 is 9.88 Å². The Labute approximate surface area is 106 Å². The average Bonchev–Trinajstić information content (AvgIpc) is 2.83. The minimum Gasteiger partial charge on any atom is -0.353 e. The molecule has 1 unspecified atom stereocenters. The van der Waals surface area contributed by atoms with Crippen molar-refractivity contribution in [1.82, 2.24) is 9.88 Å². The number of fused-ring (bicyclic) bond motifs is 1. The Balaban J connectivity index is 1.93.